The number of aliphatic hydroxyl groups excluding tert-OH is 1. The third-order valence-corrected chi connectivity index (χ3v) is 5.64. The summed E-state index contributed by atoms with van der Waals surface area (Å²) in [4.78, 5) is 0. The Balaban J connectivity index is 2.05. The Kier molecular flexibility index (Phi) is 4.71. The first kappa shape index (κ1) is 14.6. The van der Waals surface area contributed by atoms with E-state index >= 15 is 0 Å². The predicted octanol–water partition coefficient (Wildman–Crippen LogP) is 0.462. The van der Waals surface area contributed by atoms with E-state index in [1.54, 1.807) is 0 Å². The van der Waals surface area contributed by atoms with Crippen LogP contribution in [0.1, 0.15) is 24.8 Å². The van der Waals surface area contributed by atoms with Crippen LogP contribution in [0.4, 0.5) is 5.13 Å². The Morgan fingerprint density at radius 1 is 1.53 bits per heavy atom. The van der Waals surface area contributed by atoms with Crippen LogP contribution in [0.25, 0.3) is 0 Å². The van der Waals surface area contributed by atoms with Crippen molar-refractivity contribution in [2.45, 2.75) is 26.2 Å². The molecule has 1 atom stereocenters. The van der Waals surface area contributed by atoms with Gasteiger partial charge in [-0.3, -0.25) is 0 Å². The molecule has 2 N–H and O–H groups in total. The van der Waals surface area contributed by atoms with Gasteiger partial charge in [0, 0.05) is 19.7 Å². The maximum absolute atomic E-state index is 12.2. The van der Waals surface area contributed by atoms with Crippen molar-refractivity contribution in [1.29, 1.82) is 0 Å². The molecule has 0 saturated carbocycles. The molecule has 0 spiro atoms. The number of nitrogens with zero attached hydrogens (tertiary/aromatic N) is 3. The second-order valence-electron chi connectivity index (χ2n) is 4.51. The Morgan fingerprint density at radius 3 is 2.95 bits per heavy atom. The number of hydrogen-bond acceptors (Lipinski definition) is 6. The van der Waals surface area contributed by atoms with E-state index in [1.807, 2.05) is 6.92 Å². The van der Waals surface area contributed by atoms with Crippen molar-refractivity contribution in [3.8, 4) is 0 Å². The molecule has 0 aromatic carbocycles. The van der Waals surface area contributed by atoms with Crippen LogP contribution in [0.3, 0.4) is 0 Å². The second kappa shape index (κ2) is 6.12. The summed E-state index contributed by atoms with van der Waals surface area (Å²) in [5, 5.41) is 17.9. The number of aliphatic hydroxyl groups is 1. The summed E-state index contributed by atoms with van der Waals surface area (Å²) >= 11 is 1.24. The summed E-state index contributed by atoms with van der Waals surface area (Å²) in [6, 6.07) is 0. The van der Waals surface area contributed by atoms with Gasteiger partial charge in [0.15, 0.2) is 0 Å². The van der Waals surface area contributed by atoms with Gasteiger partial charge in [-0.25, -0.2) is 4.72 Å². The Labute approximate surface area is 116 Å². The third kappa shape index (κ3) is 3.62. The first-order valence-electron chi connectivity index (χ1n) is 6.26. The molecule has 108 valence electrons. The molecule has 0 amide bonds. The number of aryl methyl sites for hydroxylation is 1. The molecule has 19 heavy (non-hydrogen) atoms. The summed E-state index contributed by atoms with van der Waals surface area (Å²) in [5.41, 5.74) is 0. The molecule has 1 aromatic heterocycles. The zero-order chi connectivity index (χ0) is 13.9. The monoisotopic (exact) mass is 306 g/mol. The second-order valence-corrected chi connectivity index (χ2v) is 7.24. The van der Waals surface area contributed by atoms with Crippen LogP contribution in [0.15, 0.2) is 0 Å². The Morgan fingerprint density at radius 2 is 2.32 bits per heavy atom. The van der Waals surface area contributed by atoms with Gasteiger partial charge in [0.1, 0.15) is 5.01 Å². The van der Waals surface area contributed by atoms with Gasteiger partial charge in [0.2, 0.25) is 5.13 Å². The molecule has 1 aromatic rings. The minimum absolute atomic E-state index is 0.0187. The molecule has 1 unspecified atom stereocenters. The Hall–Kier alpha value is -0.770. The van der Waals surface area contributed by atoms with Crippen LogP contribution in [0.5, 0.6) is 0 Å². The maximum Gasteiger partial charge on any atom is 0.303 e. The number of piperidine rings is 1. The van der Waals surface area contributed by atoms with Crippen LogP contribution in [0, 0.1) is 5.92 Å². The van der Waals surface area contributed by atoms with Crippen molar-refractivity contribution in [3.05, 3.63) is 5.01 Å². The smallest absolute Gasteiger partial charge is 0.303 e. The number of hydrogen-bond donors (Lipinski definition) is 2. The van der Waals surface area contributed by atoms with Crippen molar-refractivity contribution in [1.82, 2.24) is 14.5 Å². The van der Waals surface area contributed by atoms with Gasteiger partial charge in [-0.15, -0.1) is 10.2 Å². The van der Waals surface area contributed by atoms with Gasteiger partial charge in [0.25, 0.3) is 0 Å². The first-order chi connectivity index (χ1) is 9.05. The maximum atomic E-state index is 12.2. The molecule has 1 aliphatic rings. The van der Waals surface area contributed by atoms with E-state index in [1.165, 1.54) is 15.6 Å². The fraction of sp³-hybridized carbons (Fsp3) is 0.800. The van der Waals surface area contributed by atoms with Crippen LogP contribution in [0.2, 0.25) is 0 Å². The number of nitrogens with one attached hydrogen (secondary N) is 1. The summed E-state index contributed by atoms with van der Waals surface area (Å²) in [5.74, 6) is 0.0194. The summed E-state index contributed by atoms with van der Waals surface area (Å²) in [6.07, 6.45) is 2.36. The molecule has 1 saturated heterocycles. The normalized spacial score (nSPS) is 21.5. The number of anilines is 1. The van der Waals surface area contributed by atoms with E-state index in [9.17, 15) is 8.42 Å². The van der Waals surface area contributed by atoms with Crippen molar-refractivity contribution in [3.63, 3.8) is 0 Å². The van der Waals surface area contributed by atoms with Gasteiger partial charge >= 0.3 is 10.2 Å². The Bertz CT molecular complexity index is 517. The van der Waals surface area contributed by atoms with E-state index in [-0.39, 0.29) is 12.5 Å². The third-order valence-electron chi connectivity index (χ3n) is 3.07. The SMILES string of the molecule is CCc1nnc(NS(=O)(=O)N2CCCC(CO)C2)s1. The van der Waals surface area contributed by atoms with E-state index in [2.05, 4.69) is 14.9 Å². The minimum atomic E-state index is -3.59. The molecule has 7 nitrogen and oxygen atoms in total. The van der Waals surface area contributed by atoms with Crippen LogP contribution >= 0.6 is 11.3 Å². The van der Waals surface area contributed by atoms with Gasteiger partial charge < -0.3 is 5.11 Å². The van der Waals surface area contributed by atoms with Crippen molar-refractivity contribution >= 4 is 26.7 Å². The lowest BCUT2D eigenvalue weighted by Crippen LogP contribution is -2.43. The fourth-order valence-corrected chi connectivity index (χ4v) is 4.19. The van der Waals surface area contributed by atoms with E-state index in [0.29, 0.717) is 18.2 Å². The summed E-state index contributed by atoms with van der Waals surface area (Å²) in [7, 11) is -3.59. The quantitative estimate of drug-likeness (QED) is 0.824. The average Bonchev–Trinajstić information content (AvgIpc) is 2.85. The van der Waals surface area contributed by atoms with E-state index in [0.717, 1.165) is 24.3 Å². The molecule has 2 rings (SSSR count). The highest BCUT2D eigenvalue weighted by Gasteiger charge is 2.29. The van der Waals surface area contributed by atoms with Crippen molar-refractivity contribution in [2.75, 3.05) is 24.4 Å². The van der Waals surface area contributed by atoms with Crippen LogP contribution in [-0.4, -0.2) is 47.7 Å². The van der Waals surface area contributed by atoms with Crippen LogP contribution in [-0.2, 0) is 16.6 Å². The van der Waals surface area contributed by atoms with Crippen molar-refractivity contribution < 1.29 is 13.5 Å². The van der Waals surface area contributed by atoms with Gasteiger partial charge in [-0.2, -0.15) is 12.7 Å². The molecular weight excluding hydrogens is 288 g/mol. The van der Waals surface area contributed by atoms with E-state index in [4.69, 9.17) is 5.11 Å². The topological polar surface area (TPSA) is 95.4 Å². The van der Waals surface area contributed by atoms with Crippen LogP contribution < -0.4 is 4.72 Å². The van der Waals surface area contributed by atoms with Gasteiger partial charge in [-0.05, 0) is 25.2 Å². The highest BCUT2D eigenvalue weighted by Crippen LogP contribution is 2.22. The largest absolute Gasteiger partial charge is 0.396 e. The molecule has 2 heterocycles. The highest BCUT2D eigenvalue weighted by molar-refractivity contribution is 7.90. The predicted molar refractivity (Wildman–Crippen MR) is 73.2 cm³/mol. The highest BCUT2D eigenvalue weighted by atomic mass is 32.2. The van der Waals surface area contributed by atoms with Gasteiger partial charge in [0.05, 0.1) is 0 Å². The lowest BCUT2D eigenvalue weighted by Gasteiger charge is -2.30. The molecular formula is C10H18N4O3S2. The first-order valence-corrected chi connectivity index (χ1v) is 8.52. The van der Waals surface area contributed by atoms with Gasteiger partial charge in [-0.1, -0.05) is 18.3 Å². The standard InChI is InChI=1S/C10H18N4O3S2/c1-2-9-11-12-10(18-9)13-19(16,17)14-5-3-4-8(6-14)7-15/h8,15H,2-7H2,1H3,(H,12,13). The molecule has 1 aliphatic heterocycles. The zero-order valence-electron chi connectivity index (χ0n) is 10.7. The zero-order valence-corrected chi connectivity index (χ0v) is 12.4. The molecule has 0 radical (unpaired) electrons. The minimum Gasteiger partial charge on any atom is -0.396 e. The summed E-state index contributed by atoms with van der Waals surface area (Å²) in [6.45, 7) is 2.79. The fourth-order valence-electron chi connectivity index (χ4n) is 2.01. The number of aromatic nitrogens is 2. The molecule has 0 aliphatic carbocycles. The molecule has 9 heteroatoms. The average molecular weight is 306 g/mol. The lowest BCUT2D eigenvalue weighted by atomic mass is 10.0. The van der Waals surface area contributed by atoms with Crippen molar-refractivity contribution in [2.24, 2.45) is 5.92 Å². The van der Waals surface area contributed by atoms with E-state index < -0.39 is 10.2 Å². The molecule has 1 fully saturated rings. The summed E-state index contributed by atoms with van der Waals surface area (Å²) < 4.78 is 28.2. The number of rotatable bonds is 5. The lowest BCUT2D eigenvalue weighted by molar-refractivity contribution is 0.166. The molecule has 0 bridgehead atoms.